The van der Waals surface area contributed by atoms with Crippen molar-refractivity contribution in [3.8, 4) is 11.5 Å². The quantitative estimate of drug-likeness (QED) is 0.121. The largest absolute Gasteiger partial charge is 0.496 e. The average Bonchev–Trinajstić information content (AvgIpc) is 2.91. The highest BCUT2D eigenvalue weighted by Gasteiger charge is 2.40. The number of methoxy groups -OCH3 is 2. The molecule has 0 aliphatic heterocycles. The molecule has 36 heavy (non-hydrogen) atoms. The lowest BCUT2D eigenvalue weighted by Gasteiger charge is -2.20. The van der Waals surface area contributed by atoms with Crippen LogP contribution in [0.4, 0.5) is 0 Å². The van der Waals surface area contributed by atoms with Gasteiger partial charge in [0, 0.05) is 5.30 Å². The number of carbonyl (C=O) groups is 2. The lowest BCUT2D eigenvalue weighted by atomic mass is 10.1. The maximum absolute atomic E-state index is 14.2. The summed E-state index contributed by atoms with van der Waals surface area (Å²) < 4.78 is 30.3. The maximum Gasteiger partial charge on any atom is 0.314 e. The zero-order valence-electron chi connectivity index (χ0n) is 22.0. The predicted molar refractivity (Wildman–Crippen MR) is 145 cm³/mol. The van der Waals surface area contributed by atoms with E-state index in [4.69, 9.17) is 14.2 Å². The summed E-state index contributed by atoms with van der Waals surface area (Å²) in [6, 6.07) is 13.3. The molecule has 0 heterocycles. The van der Waals surface area contributed by atoms with Crippen molar-refractivity contribution in [2.75, 3.05) is 27.0 Å². The van der Waals surface area contributed by atoms with Crippen LogP contribution in [-0.4, -0.2) is 38.5 Å². The molecule has 2 aromatic carbocycles. The van der Waals surface area contributed by atoms with Gasteiger partial charge in [0.25, 0.3) is 0 Å². The Morgan fingerprint density at radius 1 is 0.722 bits per heavy atom. The molecule has 0 aliphatic rings. The standard InChI is InChI=1S/C29H41O6P/c1-4-5-6-7-8-9-10-11-12-16-22-35-27(30)23-36(32,24-18-14-13-15-19-24)29(31)28-25(33-2)20-17-21-26(28)34-3/h13-15,17-21H,4-12,16,22-23H2,1-3H3. The van der Waals surface area contributed by atoms with Crippen molar-refractivity contribution in [3.05, 3.63) is 54.1 Å². The van der Waals surface area contributed by atoms with E-state index in [0.717, 1.165) is 19.3 Å². The molecule has 0 fully saturated rings. The van der Waals surface area contributed by atoms with Crippen molar-refractivity contribution in [2.45, 2.75) is 71.1 Å². The van der Waals surface area contributed by atoms with Gasteiger partial charge in [-0.3, -0.25) is 9.59 Å². The molecule has 0 amide bonds. The Morgan fingerprint density at radius 2 is 1.25 bits per heavy atom. The summed E-state index contributed by atoms with van der Waals surface area (Å²) in [6.07, 6.45) is 11.3. The molecule has 6 nitrogen and oxygen atoms in total. The van der Waals surface area contributed by atoms with Crippen LogP contribution in [-0.2, 0) is 14.1 Å². The third kappa shape index (κ3) is 8.81. The number of unbranched alkanes of at least 4 members (excludes halogenated alkanes) is 9. The Balaban J connectivity index is 1.98. The topological polar surface area (TPSA) is 78.9 Å². The molecule has 0 bridgehead atoms. The molecule has 0 aromatic heterocycles. The Kier molecular flexibility index (Phi) is 13.3. The number of rotatable bonds is 18. The van der Waals surface area contributed by atoms with E-state index in [1.807, 2.05) is 0 Å². The zero-order chi connectivity index (χ0) is 26.2. The van der Waals surface area contributed by atoms with Gasteiger partial charge in [0.15, 0.2) is 7.14 Å². The van der Waals surface area contributed by atoms with Gasteiger partial charge in [0.05, 0.1) is 20.8 Å². The molecule has 2 aromatic rings. The van der Waals surface area contributed by atoms with Crippen molar-refractivity contribution >= 4 is 23.9 Å². The minimum atomic E-state index is -3.88. The zero-order valence-corrected chi connectivity index (χ0v) is 22.9. The molecule has 0 saturated heterocycles. The average molecular weight is 517 g/mol. The molecule has 1 unspecified atom stereocenters. The van der Waals surface area contributed by atoms with Crippen molar-refractivity contribution in [3.63, 3.8) is 0 Å². The van der Waals surface area contributed by atoms with E-state index >= 15 is 0 Å². The highest BCUT2D eigenvalue weighted by atomic mass is 31.2. The monoisotopic (exact) mass is 516 g/mol. The van der Waals surface area contributed by atoms with Gasteiger partial charge in [-0.1, -0.05) is 101 Å². The molecule has 0 radical (unpaired) electrons. The van der Waals surface area contributed by atoms with E-state index < -0.39 is 24.8 Å². The van der Waals surface area contributed by atoms with Crippen LogP contribution >= 0.6 is 7.14 Å². The Bertz CT molecular complexity index is 966. The number of esters is 1. The van der Waals surface area contributed by atoms with E-state index in [2.05, 4.69) is 6.92 Å². The fourth-order valence-electron chi connectivity index (χ4n) is 4.19. The van der Waals surface area contributed by atoms with Gasteiger partial charge in [0.1, 0.15) is 23.2 Å². The maximum atomic E-state index is 14.2. The summed E-state index contributed by atoms with van der Waals surface area (Å²) in [5.41, 5.74) is -0.615. The molecule has 2 rings (SSSR count). The van der Waals surface area contributed by atoms with E-state index in [9.17, 15) is 14.2 Å². The summed E-state index contributed by atoms with van der Waals surface area (Å²) in [6.45, 7) is 2.49. The summed E-state index contributed by atoms with van der Waals surface area (Å²) in [5.74, 6) is -0.149. The fourth-order valence-corrected chi connectivity index (χ4v) is 6.45. The van der Waals surface area contributed by atoms with Crippen LogP contribution in [0.3, 0.4) is 0 Å². The molecule has 0 aliphatic carbocycles. The molecule has 0 saturated carbocycles. The first kappa shape index (κ1) is 29.6. The second-order valence-corrected chi connectivity index (χ2v) is 11.7. The first-order chi connectivity index (χ1) is 17.5. The fraction of sp³-hybridized carbons (Fsp3) is 0.517. The van der Waals surface area contributed by atoms with E-state index in [1.165, 1.54) is 59.2 Å². The Morgan fingerprint density at radius 3 is 1.78 bits per heavy atom. The minimum Gasteiger partial charge on any atom is -0.496 e. The van der Waals surface area contributed by atoms with E-state index in [-0.39, 0.29) is 23.7 Å². The molecular weight excluding hydrogens is 475 g/mol. The lowest BCUT2D eigenvalue weighted by Crippen LogP contribution is -2.22. The molecule has 0 N–H and O–H groups in total. The number of benzene rings is 2. The van der Waals surface area contributed by atoms with Crippen molar-refractivity contribution in [1.29, 1.82) is 0 Å². The van der Waals surface area contributed by atoms with E-state index in [1.54, 1.807) is 48.5 Å². The Labute approximate surface area is 216 Å². The van der Waals surface area contributed by atoms with Gasteiger partial charge in [-0.15, -0.1) is 0 Å². The van der Waals surface area contributed by atoms with Crippen LogP contribution in [0, 0.1) is 0 Å². The number of ether oxygens (including phenoxy) is 3. The van der Waals surface area contributed by atoms with E-state index in [0.29, 0.717) is 5.30 Å². The highest BCUT2D eigenvalue weighted by molar-refractivity contribution is 7.88. The van der Waals surface area contributed by atoms with Crippen LogP contribution in [0.1, 0.15) is 81.5 Å². The van der Waals surface area contributed by atoms with Crippen molar-refractivity contribution < 1.29 is 28.4 Å². The third-order valence-electron chi connectivity index (χ3n) is 6.26. The molecule has 0 spiro atoms. The summed E-state index contributed by atoms with van der Waals surface area (Å²) in [4.78, 5) is 26.4. The summed E-state index contributed by atoms with van der Waals surface area (Å²) in [5, 5.41) is 0.304. The molecule has 198 valence electrons. The highest BCUT2D eigenvalue weighted by Crippen LogP contribution is 2.51. The van der Waals surface area contributed by atoms with Crippen LogP contribution in [0.25, 0.3) is 0 Å². The minimum absolute atomic E-state index is 0.0668. The van der Waals surface area contributed by atoms with Gasteiger partial charge in [-0.05, 0) is 18.6 Å². The van der Waals surface area contributed by atoms with Crippen LogP contribution in [0.15, 0.2) is 48.5 Å². The molecule has 1 atom stereocenters. The predicted octanol–water partition coefficient (Wildman–Crippen LogP) is 7.00. The van der Waals surface area contributed by atoms with Gasteiger partial charge in [0.2, 0.25) is 5.52 Å². The van der Waals surface area contributed by atoms with Gasteiger partial charge < -0.3 is 18.8 Å². The van der Waals surface area contributed by atoms with Gasteiger partial charge in [-0.25, -0.2) is 0 Å². The van der Waals surface area contributed by atoms with Crippen LogP contribution in [0.5, 0.6) is 11.5 Å². The third-order valence-corrected chi connectivity index (χ3v) is 8.97. The van der Waals surface area contributed by atoms with Gasteiger partial charge >= 0.3 is 5.97 Å². The van der Waals surface area contributed by atoms with Crippen LogP contribution < -0.4 is 14.8 Å². The van der Waals surface area contributed by atoms with Crippen LogP contribution in [0.2, 0.25) is 0 Å². The number of hydrogen-bond acceptors (Lipinski definition) is 6. The molecular formula is C29H41O6P. The lowest BCUT2D eigenvalue weighted by molar-refractivity contribution is -0.140. The first-order valence-corrected chi connectivity index (χ1v) is 14.9. The Hall–Kier alpha value is -2.59. The summed E-state index contributed by atoms with van der Waals surface area (Å²) >= 11 is 0. The molecule has 7 heteroatoms. The SMILES string of the molecule is CCCCCCCCCCCCOC(=O)CP(=O)(C(=O)c1c(OC)cccc1OC)c1ccccc1. The van der Waals surface area contributed by atoms with Crippen molar-refractivity contribution in [1.82, 2.24) is 0 Å². The second kappa shape index (κ2) is 16.2. The number of carbonyl (C=O) groups excluding carboxylic acids is 2. The normalized spacial score (nSPS) is 12.5. The first-order valence-electron chi connectivity index (χ1n) is 13.0. The number of hydrogen-bond donors (Lipinski definition) is 0. The van der Waals surface area contributed by atoms with Crippen molar-refractivity contribution in [2.24, 2.45) is 0 Å². The second-order valence-electron chi connectivity index (χ2n) is 8.98. The van der Waals surface area contributed by atoms with Gasteiger partial charge in [-0.2, -0.15) is 0 Å². The summed E-state index contributed by atoms with van der Waals surface area (Å²) in [7, 11) is -1.02. The smallest absolute Gasteiger partial charge is 0.314 e.